The van der Waals surface area contributed by atoms with E-state index < -0.39 is 11.7 Å². The van der Waals surface area contributed by atoms with Crippen molar-refractivity contribution in [2.24, 2.45) is 0 Å². The second-order valence-corrected chi connectivity index (χ2v) is 4.98. The van der Waals surface area contributed by atoms with Crippen LogP contribution in [-0.2, 0) is 11.0 Å². The van der Waals surface area contributed by atoms with Crippen LogP contribution in [0.3, 0.4) is 0 Å². The van der Waals surface area contributed by atoms with E-state index in [4.69, 9.17) is 5.73 Å². The monoisotopic (exact) mass is 303 g/mol. The zero-order valence-electron chi connectivity index (χ0n) is 11.4. The minimum absolute atomic E-state index is 0.216. The van der Waals surface area contributed by atoms with Gasteiger partial charge in [0.05, 0.1) is 0 Å². The molecule has 21 heavy (non-hydrogen) atoms. The first-order valence-electron chi connectivity index (χ1n) is 6.50. The Kier molecular flexibility index (Phi) is 4.19. The third kappa shape index (κ3) is 3.73. The number of nitrogens with zero attached hydrogens (tertiary/aromatic N) is 2. The molecule has 2 rings (SSSR count). The van der Waals surface area contributed by atoms with Gasteiger partial charge in [-0.1, -0.05) is 0 Å². The zero-order chi connectivity index (χ0) is 15.6. The number of hydrogen-bond acceptors (Lipinski definition) is 5. The van der Waals surface area contributed by atoms with Gasteiger partial charge >= 0.3 is 6.18 Å². The third-order valence-corrected chi connectivity index (χ3v) is 3.34. The molecule has 1 aliphatic rings. The van der Waals surface area contributed by atoms with Gasteiger partial charge in [0.1, 0.15) is 11.4 Å². The minimum atomic E-state index is -4.57. The number of nitrogens with two attached hydrogens (primary N) is 1. The number of rotatable bonds is 3. The molecule has 1 saturated carbocycles. The summed E-state index contributed by atoms with van der Waals surface area (Å²) in [4.78, 5) is 18.1. The van der Waals surface area contributed by atoms with E-state index in [1.165, 1.54) is 6.92 Å². The van der Waals surface area contributed by atoms with Crippen molar-refractivity contribution in [2.45, 2.75) is 44.4 Å². The molecule has 0 unspecified atom stereocenters. The summed E-state index contributed by atoms with van der Waals surface area (Å²) in [6, 6.07) is -0.538. The number of halogens is 3. The van der Waals surface area contributed by atoms with E-state index in [2.05, 4.69) is 20.6 Å². The standard InChI is InChI=1S/C12H16F3N5O/c1-6(21)18-8-3-2-4-9(8)19-10-7(12(13,14)15)5-17-11(16)20-10/h5,8-9H,2-4H2,1H3,(H,18,21)(H3,16,17,19,20)/t8-,9-/m1/s1. The fourth-order valence-corrected chi connectivity index (χ4v) is 2.46. The van der Waals surface area contributed by atoms with Gasteiger partial charge in [0, 0.05) is 25.2 Å². The summed E-state index contributed by atoms with van der Waals surface area (Å²) in [6.45, 7) is 1.37. The first-order chi connectivity index (χ1) is 9.77. The molecule has 1 aliphatic carbocycles. The number of carbonyl (C=O) groups is 1. The maximum Gasteiger partial charge on any atom is 0.421 e. The summed E-state index contributed by atoms with van der Waals surface area (Å²) in [5.41, 5.74) is 4.39. The number of amides is 1. The van der Waals surface area contributed by atoms with E-state index in [1.807, 2.05) is 0 Å². The smallest absolute Gasteiger partial charge is 0.368 e. The van der Waals surface area contributed by atoms with Crippen molar-refractivity contribution in [1.29, 1.82) is 0 Å². The van der Waals surface area contributed by atoms with Crippen molar-refractivity contribution in [2.75, 3.05) is 11.1 Å². The maximum absolute atomic E-state index is 12.9. The highest BCUT2D eigenvalue weighted by Crippen LogP contribution is 2.35. The molecule has 116 valence electrons. The summed E-state index contributed by atoms with van der Waals surface area (Å²) in [6.07, 6.45) is -1.75. The number of nitrogens with one attached hydrogen (secondary N) is 2. The summed E-state index contributed by atoms with van der Waals surface area (Å²) >= 11 is 0. The van der Waals surface area contributed by atoms with Crippen LogP contribution in [0, 0.1) is 0 Å². The highest BCUT2D eigenvalue weighted by atomic mass is 19.4. The Bertz CT molecular complexity index is 534. The molecule has 0 saturated heterocycles. The summed E-state index contributed by atoms with van der Waals surface area (Å²) < 4.78 is 38.8. The minimum Gasteiger partial charge on any atom is -0.368 e. The molecule has 1 amide bonds. The number of alkyl halides is 3. The largest absolute Gasteiger partial charge is 0.421 e. The second kappa shape index (κ2) is 5.74. The van der Waals surface area contributed by atoms with Crippen LogP contribution in [0.4, 0.5) is 24.9 Å². The number of carbonyl (C=O) groups excluding carboxylic acids is 1. The predicted molar refractivity (Wildman–Crippen MR) is 70.3 cm³/mol. The maximum atomic E-state index is 12.9. The Labute approximate surface area is 119 Å². The van der Waals surface area contributed by atoms with Crippen LogP contribution in [0.2, 0.25) is 0 Å². The highest BCUT2D eigenvalue weighted by Gasteiger charge is 2.37. The van der Waals surface area contributed by atoms with Crippen LogP contribution < -0.4 is 16.4 Å². The van der Waals surface area contributed by atoms with Gasteiger partial charge in [-0.25, -0.2) is 4.98 Å². The summed E-state index contributed by atoms with van der Waals surface area (Å²) in [5.74, 6) is -0.802. The van der Waals surface area contributed by atoms with E-state index in [0.717, 1.165) is 6.42 Å². The number of hydrogen-bond donors (Lipinski definition) is 3. The van der Waals surface area contributed by atoms with Crippen molar-refractivity contribution in [3.63, 3.8) is 0 Å². The number of anilines is 2. The molecule has 0 radical (unpaired) electrons. The fourth-order valence-electron chi connectivity index (χ4n) is 2.46. The fraction of sp³-hybridized carbons (Fsp3) is 0.583. The molecule has 6 nitrogen and oxygen atoms in total. The normalized spacial score (nSPS) is 22.1. The Hall–Kier alpha value is -2.06. The summed E-state index contributed by atoms with van der Waals surface area (Å²) in [5, 5.41) is 5.47. The SMILES string of the molecule is CC(=O)N[C@@H]1CCC[C@H]1Nc1nc(N)ncc1C(F)(F)F. The molecule has 4 N–H and O–H groups in total. The first kappa shape index (κ1) is 15.3. The molecule has 0 spiro atoms. The van der Waals surface area contributed by atoms with Crippen molar-refractivity contribution < 1.29 is 18.0 Å². The van der Waals surface area contributed by atoms with Gasteiger partial charge in [0.15, 0.2) is 0 Å². The lowest BCUT2D eigenvalue weighted by Gasteiger charge is -2.23. The quantitative estimate of drug-likeness (QED) is 0.788. The second-order valence-electron chi connectivity index (χ2n) is 4.98. The average molecular weight is 303 g/mol. The molecular weight excluding hydrogens is 287 g/mol. The Morgan fingerprint density at radius 1 is 1.38 bits per heavy atom. The lowest BCUT2D eigenvalue weighted by molar-refractivity contribution is -0.137. The van der Waals surface area contributed by atoms with Gasteiger partial charge in [-0.05, 0) is 19.3 Å². The van der Waals surface area contributed by atoms with Crippen LogP contribution in [-0.4, -0.2) is 28.0 Å². The topological polar surface area (TPSA) is 92.9 Å². The van der Waals surface area contributed by atoms with E-state index in [0.29, 0.717) is 19.0 Å². The van der Waals surface area contributed by atoms with Gasteiger partial charge in [0.2, 0.25) is 11.9 Å². The molecule has 2 atom stereocenters. The van der Waals surface area contributed by atoms with Gasteiger partial charge in [0.25, 0.3) is 0 Å². The Balaban J connectivity index is 2.22. The molecular formula is C12H16F3N5O. The van der Waals surface area contributed by atoms with Crippen LogP contribution in [0.25, 0.3) is 0 Å². The van der Waals surface area contributed by atoms with Gasteiger partial charge in [-0.2, -0.15) is 18.2 Å². The van der Waals surface area contributed by atoms with Crippen molar-refractivity contribution in [3.8, 4) is 0 Å². The number of nitrogen functional groups attached to an aromatic ring is 1. The summed E-state index contributed by atoms with van der Waals surface area (Å²) in [7, 11) is 0. The van der Waals surface area contributed by atoms with E-state index in [9.17, 15) is 18.0 Å². The molecule has 9 heteroatoms. The lowest BCUT2D eigenvalue weighted by atomic mass is 10.1. The van der Waals surface area contributed by atoms with Crippen LogP contribution in [0.5, 0.6) is 0 Å². The molecule has 0 bridgehead atoms. The van der Waals surface area contributed by atoms with Gasteiger partial charge in [-0.15, -0.1) is 0 Å². The lowest BCUT2D eigenvalue weighted by Crippen LogP contribution is -2.42. The molecule has 1 heterocycles. The molecule has 1 fully saturated rings. The average Bonchev–Trinajstić information content (AvgIpc) is 2.74. The molecule has 1 aromatic heterocycles. The van der Waals surface area contributed by atoms with E-state index in [-0.39, 0.29) is 29.8 Å². The number of aromatic nitrogens is 2. The van der Waals surface area contributed by atoms with E-state index >= 15 is 0 Å². The van der Waals surface area contributed by atoms with E-state index in [1.54, 1.807) is 0 Å². The predicted octanol–water partition coefficient (Wildman–Crippen LogP) is 1.55. The van der Waals surface area contributed by atoms with Gasteiger partial charge < -0.3 is 16.4 Å². The van der Waals surface area contributed by atoms with Crippen LogP contribution in [0.15, 0.2) is 6.20 Å². The van der Waals surface area contributed by atoms with Crippen LogP contribution >= 0.6 is 0 Å². The molecule has 1 aromatic rings. The first-order valence-corrected chi connectivity index (χ1v) is 6.50. The molecule has 0 aliphatic heterocycles. The van der Waals surface area contributed by atoms with Gasteiger partial charge in [-0.3, -0.25) is 4.79 Å². The van der Waals surface area contributed by atoms with Crippen LogP contribution in [0.1, 0.15) is 31.7 Å². The highest BCUT2D eigenvalue weighted by molar-refractivity contribution is 5.73. The van der Waals surface area contributed by atoms with Crippen molar-refractivity contribution in [1.82, 2.24) is 15.3 Å². The molecule has 0 aromatic carbocycles. The van der Waals surface area contributed by atoms with Crippen molar-refractivity contribution in [3.05, 3.63) is 11.8 Å². The third-order valence-electron chi connectivity index (χ3n) is 3.34. The van der Waals surface area contributed by atoms with Crippen molar-refractivity contribution >= 4 is 17.7 Å². The zero-order valence-corrected chi connectivity index (χ0v) is 11.4. The Morgan fingerprint density at radius 3 is 2.67 bits per heavy atom. The Morgan fingerprint density at radius 2 is 2.05 bits per heavy atom.